The molecule has 1 unspecified atom stereocenters. The van der Waals surface area contributed by atoms with Crippen LogP contribution in [0.3, 0.4) is 0 Å². The van der Waals surface area contributed by atoms with Gasteiger partial charge in [-0.3, -0.25) is 14.4 Å². The summed E-state index contributed by atoms with van der Waals surface area (Å²) in [6, 6.07) is 10.7. The van der Waals surface area contributed by atoms with Gasteiger partial charge in [0, 0.05) is 17.5 Å². The smallest absolute Gasteiger partial charge is 0.326 e. The number of benzene rings is 2. The molecule has 31 heavy (non-hydrogen) atoms. The van der Waals surface area contributed by atoms with E-state index in [1.807, 2.05) is 0 Å². The van der Waals surface area contributed by atoms with Crippen LogP contribution in [0.25, 0.3) is 0 Å². The molecule has 0 saturated carbocycles. The van der Waals surface area contributed by atoms with Gasteiger partial charge in [0.15, 0.2) is 12.4 Å². The van der Waals surface area contributed by atoms with Gasteiger partial charge in [-0.25, -0.2) is 9.59 Å². The van der Waals surface area contributed by atoms with E-state index in [9.17, 15) is 24.0 Å². The fourth-order valence-electron chi connectivity index (χ4n) is 2.52. The Bertz CT molecular complexity index is 1010. The molecule has 0 radical (unpaired) electrons. The summed E-state index contributed by atoms with van der Waals surface area (Å²) in [6.45, 7) is -0.483. The summed E-state index contributed by atoms with van der Waals surface area (Å²) in [7, 11) is 0. The SMILES string of the molecule is O=C=Nc1ccc(C(=O)c2ccc(OCC(=O)NC(CCC(=O)O)C(=O)O)cc2)cc1. The summed E-state index contributed by atoms with van der Waals surface area (Å²) < 4.78 is 5.28. The number of carbonyl (C=O) groups is 4. The third-order valence-electron chi connectivity index (χ3n) is 4.07. The highest BCUT2D eigenvalue weighted by Crippen LogP contribution is 2.18. The molecule has 0 bridgehead atoms. The third-order valence-corrected chi connectivity index (χ3v) is 4.07. The van der Waals surface area contributed by atoms with Crippen molar-refractivity contribution in [2.24, 2.45) is 4.99 Å². The first-order valence-corrected chi connectivity index (χ1v) is 8.99. The Hall–Kier alpha value is -4.30. The lowest BCUT2D eigenvalue weighted by Crippen LogP contribution is -2.43. The molecule has 0 aliphatic carbocycles. The summed E-state index contributed by atoms with van der Waals surface area (Å²) in [5, 5.41) is 19.9. The van der Waals surface area contributed by atoms with Gasteiger partial charge in [-0.05, 0) is 55.0 Å². The molecular formula is C21H18N2O8. The minimum Gasteiger partial charge on any atom is -0.484 e. The number of carbonyl (C=O) groups excluding carboxylic acids is 3. The number of nitrogens with zero attached hydrogens (tertiary/aromatic N) is 1. The first-order valence-electron chi connectivity index (χ1n) is 8.99. The van der Waals surface area contributed by atoms with E-state index < -0.39 is 36.9 Å². The maximum Gasteiger partial charge on any atom is 0.326 e. The summed E-state index contributed by atoms with van der Waals surface area (Å²) in [6.07, 6.45) is 0.756. The average molecular weight is 426 g/mol. The van der Waals surface area contributed by atoms with Crippen LogP contribution in [-0.4, -0.2) is 52.6 Å². The van der Waals surface area contributed by atoms with Gasteiger partial charge in [0.25, 0.3) is 5.91 Å². The predicted molar refractivity (Wildman–Crippen MR) is 106 cm³/mol. The van der Waals surface area contributed by atoms with Crippen LogP contribution in [0.2, 0.25) is 0 Å². The van der Waals surface area contributed by atoms with Gasteiger partial charge < -0.3 is 20.3 Å². The molecule has 0 aromatic heterocycles. The van der Waals surface area contributed by atoms with Crippen molar-refractivity contribution < 1.29 is 38.9 Å². The first-order chi connectivity index (χ1) is 14.8. The second kappa shape index (κ2) is 11.0. The molecule has 0 fully saturated rings. The Balaban J connectivity index is 1.92. The van der Waals surface area contributed by atoms with Gasteiger partial charge >= 0.3 is 11.9 Å². The molecule has 2 rings (SSSR count). The quantitative estimate of drug-likeness (QED) is 0.278. The van der Waals surface area contributed by atoms with Crippen LogP contribution in [0.15, 0.2) is 53.5 Å². The second-order valence-corrected chi connectivity index (χ2v) is 6.28. The van der Waals surface area contributed by atoms with Crippen molar-refractivity contribution in [3.8, 4) is 5.75 Å². The maximum atomic E-state index is 12.5. The van der Waals surface area contributed by atoms with Crippen LogP contribution < -0.4 is 10.1 Å². The van der Waals surface area contributed by atoms with E-state index in [2.05, 4.69) is 10.3 Å². The number of ether oxygens (including phenoxy) is 1. The highest BCUT2D eigenvalue weighted by atomic mass is 16.5. The zero-order chi connectivity index (χ0) is 22.8. The Kier molecular flexibility index (Phi) is 8.18. The van der Waals surface area contributed by atoms with Gasteiger partial charge in [-0.2, -0.15) is 4.99 Å². The minimum absolute atomic E-state index is 0.254. The van der Waals surface area contributed by atoms with Gasteiger partial charge in [-0.15, -0.1) is 0 Å². The van der Waals surface area contributed by atoms with Crippen molar-refractivity contribution in [2.75, 3.05) is 6.61 Å². The van der Waals surface area contributed by atoms with Crippen LogP contribution >= 0.6 is 0 Å². The topological polar surface area (TPSA) is 159 Å². The summed E-state index contributed by atoms with van der Waals surface area (Å²) in [4.78, 5) is 59.7. The Labute approximate surface area is 176 Å². The summed E-state index contributed by atoms with van der Waals surface area (Å²) in [5.74, 6) is -3.23. The Morgan fingerprint density at radius 3 is 2.06 bits per heavy atom. The number of aliphatic imine (C=N–C) groups is 1. The van der Waals surface area contributed by atoms with E-state index in [0.29, 0.717) is 16.8 Å². The van der Waals surface area contributed by atoms with Gasteiger partial charge in [0.1, 0.15) is 11.8 Å². The lowest BCUT2D eigenvalue weighted by atomic mass is 10.0. The molecule has 0 aliphatic heterocycles. The molecule has 1 amide bonds. The van der Waals surface area contributed by atoms with Crippen molar-refractivity contribution in [2.45, 2.75) is 18.9 Å². The number of aliphatic carboxylic acids is 2. The lowest BCUT2D eigenvalue weighted by Gasteiger charge is -2.14. The zero-order valence-corrected chi connectivity index (χ0v) is 16.1. The minimum atomic E-state index is -1.34. The molecule has 2 aromatic carbocycles. The first kappa shape index (κ1) is 23.0. The van der Waals surface area contributed by atoms with Crippen LogP contribution in [0.4, 0.5) is 5.69 Å². The second-order valence-electron chi connectivity index (χ2n) is 6.28. The molecule has 1 atom stereocenters. The maximum absolute atomic E-state index is 12.5. The molecule has 0 saturated heterocycles. The highest BCUT2D eigenvalue weighted by Gasteiger charge is 2.21. The molecule has 0 heterocycles. The standard InChI is InChI=1S/C21H18N2O8/c24-12-22-15-5-1-13(2-6-15)20(28)14-3-7-16(8-4-14)31-11-18(25)23-17(21(29)30)9-10-19(26)27/h1-8,17H,9-11H2,(H,23,25)(H,26,27)(H,29,30). The van der Waals surface area contributed by atoms with E-state index >= 15 is 0 Å². The van der Waals surface area contributed by atoms with Gasteiger partial charge in [-0.1, -0.05) is 0 Å². The molecule has 10 heteroatoms. The molecule has 2 aromatic rings. The number of amides is 1. The van der Waals surface area contributed by atoms with Crippen molar-refractivity contribution in [1.82, 2.24) is 5.32 Å². The van der Waals surface area contributed by atoms with Crippen molar-refractivity contribution in [3.63, 3.8) is 0 Å². The van der Waals surface area contributed by atoms with Crippen LogP contribution in [-0.2, 0) is 19.2 Å². The van der Waals surface area contributed by atoms with E-state index in [1.165, 1.54) is 54.6 Å². The van der Waals surface area contributed by atoms with Crippen molar-refractivity contribution >= 4 is 35.4 Å². The normalized spacial score (nSPS) is 11.0. The van der Waals surface area contributed by atoms with Gasteiger partial charge in [0.05, 0.1) is 5.69 Å². The predicted octanol–water partition coefficient (Wildman–Crippen LogP) is 1.70. The van der Waals surface area contributed by atoms with E-state index in [1.54, 1.807) is 0 Å². The average Bonchev–Trinajstić information content (AvgIpc) is 2.75. The number of isocyanates is 1. The van der Waals surface area contributed by atoms with Crippen molar-refractivity contribution in [1.29, 1.82) is 0 Å². The lowest BCUT2D eigenvalue weighted by molar-refractivity contribution is -0.143. The molecule has 160 valence electrons. The van der Waals surface area contributed by atoms with Gasteiger partial charge in [0.2, 0.25) is 6.08 Å². The monoisotopic (exact) mass is 426 g/mol. The summed E-state index contributed by atoms with van der Waals surface area (Å²) in [5.41, 5.74) is 1.13. The fraction of sp³-hybridized carbons (Fsp3) is 0.190. The molecule has 10 nitrogen and oxygen atoms in total. The molecular weight excluding hydrogens is 408 g/mol. The molecule has 3 N–H and O–H groups in total. The Morgan fingerprint density at radius 1 is 0.968 bits per heavy atom. The largest absolute Gasteiger partial charge is 0.484 e. The van der Waals surface area contributed by atoms with Crippen LogP contribution in [0.5, 0.6) is 5.75 Å². The van der Waals surface area contributed by atoms with E-state index in [-0.39, 0.29) is 18.0 Å². The van der Waals surface area contributed by atoms with Crippen LogP contribution in [0, 0.1) is 0 Å². The van der Waals surface area contributed by atoms with E-state index in [0.717, 1.165) is 0 Å². The third kappa shape index (κ3) is 7.22. The number of carboxylic acids is 2. The zero-order valence-electron chi connectivity index (χ0n) is 16.1. The number of ketones is 1. The number of carboxylic acid groups (broad SMARTS) is 2. The van der Waals surface area contributed by atoms with E-state index in [4.69, 9.17) is 14.9 Å². The number of rotatable bonds is 11. The number of nitrogens with one attached hydrogen (secondary N) is 1. The fourth-order valence-corrected chi connectivity index (χ4v) is 2.52. The number of hydrogen-bond donors (Lipinski definition) is 3. The van der Waals surface area contributed by atoms with Crippen LogP contribution in [0.1, 0.15) is 28.8 Å². The summed E-state index contributed by atoms with van der Waals surface area (Å²) >= 11 is 0. The number of hydrogen-bond acceptors (Lipinski definition) is 7. The van der Waals surface area contributed by atoms with Crippen molar-refractivity contribution in [3.05, 3.63) is 59.7 Å². The Morgan fingerprint density at radius 2 is 1.55 bits per heavy atom. The molecule has 0 aliphatic rings. The molecule has 0 spiro atoms. The highest BCUT2D eigenvalue weighted by molar-refractivity contribution is 6.09.